The molecule has 6 nitrogen and oxygen atoms in total. The van der Waals surface area contributed by atoms with Crippen LogP contribution in [0.25, 0.3) is 0 Å². The number of hydrogen-bond acceptors (Lipinski definition) is 4. The molecule has 1 aliphatic heterocycles. The fraction of sp³-hybridized carbons (Fsp3) is 0.667. The number of carbonyl (C=O) groups is 2. The normalized spacial score (nSPS) is 18.4. The summed E-state index contributed by atoms with van der Waals surface area (Å²) in [5.41, 5.74) is 1.15. The van der Waals surface area contributed by atoms with E-state index in [2.05, 4.69) is 29.5 Å². The molecule has 7 heteroatoms. The summed E-state index contributed by atoms with van der Waals surface area (Å²) in [4.78, 5) is 30.8. The molecule has 2 N–H and O–H groups in total. The van der Waals surface area contributed by atoms with Crippen molar-refractivity contribution in [1.29, 1.82) is 0 Å². The molecule has 1 aromatic heterocycles. The van der Waals surface area contributed by atoms with Crippen molar-refractivity contribution in [3.8, 4) is 0 Å². The van der Waals surface area contributed by atoms with Gasteiger partial charge in [-0.1, -0.05) is 6.92 Å². The number of rotatable bonds is 5. The van der Waals surface area contributed by atoms with Gasteiger partial charge in [0.1, 0.15) is 0 Å². The Balaban J connectivity index is 1.70. The van der Waals surface area contributed by atoms with Gasteiger partial charge in [-0.3, -0.25) is 4.79 Å². The summed E-state index contributed by atoms with van der Waals surface area (Å²) in [6.45, 7) is 5.34. The van der Waals surface area contributed by atoms with E-state index in [-0.39, 0.29) is 18.0 Å². The van der Waals surface area contributed by atoms with Crippen LogP contribution in [0.1, 0.15) is 35.3 Å². The zero-order chi connectivity index (χ0) is 16.1. The first-order valence-corrected chi connectivity index (χ1v) is 8.54. The number of amides is 3. The average Bonchev–Trinajstić information content (AvgIpc) is 2.83. The molecule has 1 saturated heterocycles. The molecule has 0 spiro atoms. The molecule has 0 saturated carbocycles. The number of nitrogens with one attached hydrogen (secondary N) is 2. The molecule has 0 bridgehead atoms. The molecule has 0 aromatic carbocycles. The number of carbonyl (C=O) groups excluding carboxylic acids is 2. The summed E-state index contributed by atoms with van der Waals surface area (Å²) in [6.07, 6.45) is 2.91. The summed E-state index contributed by atoms with van der Waals surface area (Å²) < 4.78 is 0. The van der Waals surface area contributed by atoms with Gasteiger partial charge >= 0.3 is 6.03 Å². The Labute approximate surface area is 135 Å². The predicted molar refractivity (Wildman–Crippen MR) is 87.1 cm³/mol. The number of piperidine rings is 1. The van der Waals surface area contributed by atoms with Crippen LogP contribution in [0.15, 0.2) is 0 Å². The van der Waals surface area contributed by atoms with Crippen molar-refractivity contribution in [3.63, 3.8) is 0 Å². The van der Waals surface area contributed by atoms with Crippen LogP contribution in [0.3, 0.4) is 0 Å². The van der Waals surface area contributed by atoms with Crippen LogP contribution in [0.2, 0.25) is 0 Å². The molecule has 0 aliphatic carbocycles. The minimum absolute atomic E-state index is 0.0384. The van der Waals surface area contributed by atoms with Crippen molar-refractivity contribution < 1.29 is 9.59 Å². The predicted octanol–water partition coefficient (Wildman–Crippen LogP) is 1.48. The molecule has 22 heavy (non-hydrogen) atoms. The third-order valence-electron chi connectivity index (χ3n) is 3.86. The Morgan fingerprint density at radius 3 is 2.91 bits per heavy atom. The zero-order valence-electron chi connectivity index (χ0n) is 13.4. The third-order valence-corrected chi connectivity index (χ3v) is 4.93. The van der Waals surface area contributed by atoms with Crippen molar-refractivity contribution in [2.45, 2.75) is 45.6 Å². The average molecular weight is 324 g/mol. The maximum absolute atomic E-state index is 11.9. The van der Waals surface area contributed by atoms with E-state index in [1.807, 2.05) is 0 Å². The van der Waals surface area contributed by atoms with E-state index in [0.717, 1.165) is 23.5 Å². The van der Waals surface area contributed by atoms with Gasteiger partial charge in [0.15, 0.2) is 0 Å². The second-order valence-corrected chi connectivity index (χ2v) is 6.91. The van der Waals surface area contributed by atoms with Crippen LogP contribution >= 0.6 is 11.3 Å². The minimum atomic E-state index is -0.170. The van der Waals surface area contributed by atoms with E-state index in [1.54, 1.807) is 23.3 Å². The highest BCUT2D eigenvalue weighted by atomic mass is 32.1. The van der Waals surface area contributed by atoms with Gasteiger partial charge in [0.25, 0.3) is 0 Å². The number of hydrogen-bond donors (Lipinski definition) is 2. The lowest BCUT2D eigenvalue weighted by atomic mass is 10.1. The van der Waals surface area contributed by atoms with Gasteiger partial charge in [-0.25, -0.2) is 9.78 Å². The van der Waals surface area contributed by atoms with Crippen LogP contribution in [-0.4, -0.2) is 48.0 Å². The highest BCUT2D eigenvalue weighted by Crippen LogP contribution is 2.18. The number of nitrogens with zero attached hydrogens (tertiary/aromatic N) is 2. The van der Waals surface area contributed by atoms with Gasteiger partial charge in [-0.15, -0.1) is 11.3 Å². The van der Waals surface area contributed by atoms with Gasteiger partial charge < -0.3 is 15.5 Å². The molecule has 2 heterocycles. The lowest BCUT2D eigenvalue weighted by Crippen LogP contribution is -2.51. The molecule has 1 fully saturated rings. The Bertz CT molecular complexity index is 544. The molecule has 1 aliphatic rings. The molecule has 0 unspecified atom stereocenters. The highest BCUT2D eigenvalue weighted by Gasteiger charge is 2.23. The summed E-state index contributed by atoms with van der Waals surface area (Å²) >= 11 is 1.70. The van der Waals surface area contributed by atoms with Crippen molar-refractivity contribution in [3.05, 3.63) is 15.6 Å². The van der Waals surface area contributed by atoms with Gasteiger partial charge in [-0.2, -0.15) is 0 Å². The van der Waals surface area contributed by atoms with Crippen LogP contribution in [0, 0.1) is 6.92 Å². The van der Waals surface area contributed by atoms with E-state index < -0.39 is 0 Å². The second-order valence-electron chi connectivity index (χ2n) is 5.62. The van der Waals surface area contributed by atoms with E-state index in [4.69, 9.17) is 0 Å². The fourth-order valence-corrected chi connectivity index (χ4v) is 3.59. The van der Waals surface area contributed by atoms with Crippen molar-refractivity contribution in [1.82, 2.24) is 20.5 Å². The Hall–Kier alpha value is -1.63. The monoisotopic (exact) mass is 324 g/mol. The topological polar surface area (TPSA) is 74.3 Å². The number of urea groups is 1. The lowest BCUT2D eigenvalue weighted by molar-refractivity contribution is -0.132. The van der Waals surface area contributed by atoms with Gasteiger partial charge in [-0.05, 0) is 19.8 Å². The van der Waals surface area contributed by atoms with Gasteiger partial charge in [0.05, 0.1) is 10.7 Å². The van der Waals surface area contributed by atoms with E-state index in [9.17, 15) is 9.59 Å². The molecule has 122 valence electrons. The fourth-order valence-electron chi connectivity index (χ4n) is 2.57. The maximum atomic E-state index is 11.9. The van der Waals surface area contributed by atoms with Gasteiger partial charge in [0, 0.05) is 43.9 Å². The summed E-state index contributed by atoms with van der Waals surface area (Å²) in [5.74, 6) is 0.143. The highest BCUT2D eigenvalue weighted by molar-refractivity contribution is 7.11. The smallest absolute Gasteiger partial charge is 0.315 e. The van der Waals surface area contributed by atoms with Crippen LogP contribution < -0.4 is 10.6 Å². The second kappa shape index (κ2) is 7.58. The molecule has 3 amide bonds. The number of aromatic nitrogens is 1. The maximum Gasteiger partial charge on any atom is 0.315 e. The van der Waals surface area contributed by atoms with Crippen LogP contribution in [0.5, 0.6) is 0 Å². The molecule has 0 radical (unpaired) electrons. The van der Waals surface area contributed by atoms with E-state index in [1.165, 1.54) is 4.88 Å². The minimum Gasteiger partial charge on any atom is -0.344 e. The molecule has 2 rings (SSSR count). The quantitative estimate of drug-likeness (QED) is 0.861. The number of thiazole rings is 1. The summed E-state index contributed by atoms with van der Waals surface area (Å²) in [5, 5.41) is 6.85. The molecular weight excluding hydrogens is 300 g/mol. The largest absolute Gasteiger partial charge is 0.344 e. The Morgan fingerprint density at radius 2 is 2.27 bits per heavy atom. The molecule has 1 aromatic rings. The van der Waals surface area contributed by atoms with Crippen molar-refractivity contribution in [2.24, 2.45) is 0 Å². The van der Waals surface area contributed by atoms with E-state index >= 15 is 0 Å². The summed E-state index contributed by atoms with van der Waals surface area (Å²) in [7, 11) is 1.77. The van der Waals surface area contributed by atoms with Crippen molar-refractivity contribution >= 4 is 23.3 Å². The first kappa shape index (κ1) is 16.7. The SMILES string of the molecule is CCc1nc(CCNC(=O)N[C@@H]2CCC(=O)N(C)C2)sc1C. The molecular formula is C15H24N4O2S. The Kier molecular flexibility index (Phi) is 5.76. The van der Waals surface area contributed by atoms with Crippen molar-refractivity contribution in [2.75, 3.05) is 20.1 Å². The third kappa shape index (κ3) is 4.43. The first-order valence-electron chi connectivity index (χ1n) is 7.73. The van der Waals surface area contributed by atoms with Crippen LogP contribution in [-0.2, 0) is 17.6 Å². The van der Waals surface area contributed by atoms with Gasteiger partial charge in [0.2, 0.25) is 5.91 Å². The number of likely N-dealkylation sites (tertiary alicyclic amines) is 1. The van der Waals surface area contributed by atoms with Crippen LogP contribution in [0.4, 0.5) is 4.79 Å². The Morgan fingerprint density at radius 1 is 1.50 bits per heavy atom. The lowest BCUT2D eigenvalue weighted by Gasteiger charge is -2.30. The first-order chi connectivity index (χ1) is 10.5. The number of likely N-dealkylation sites (N-methyl/N-ethyl adjacent to an activating group) is 1. The number of aryl methyl sites for hydroxylation is 2. The zero-order valence-corrected chi connectivity index (χ0v) is 14.3. The standard InChI is InChI=1S/C15H24N4O2S/c1-4-12-10(2)22-13(18-12)7-8-16-15(21)17-11-5-6-14(20)19(3)9-11/h11H,4-9H2,1-3H3,(H2,16,17,21)/t11-/m1/s1. The summed E-state index contributed by atoms with van der Waals surface area (Å²) in [6, 6.07) is -0.131. The molecule has 1 atom stereocenters. The van der Waals surface area contributed by atoms with E-state index in [0.29, 0.717) is 25.9 Å².